The van der Waals surface area contributed by atoms with Gasteiger partial charge in [0.05, 0.1) is 11.3 Å². The molecule has 1 atom stereocenters. The highest BCUT2D eigenvalue weighted by atomic mass is 32.1. The van der Waals surface area contributed by atoms with E-state index in [1.54, 1.807) is 25.3 Å². The van der Waals surface area contributed by atoms with Crippen molar-refractivity contribution >= 4 is 32.8 Å². The van der Waals surface area contributed by atoms with Gasteiger partial charge in [-0.1, -0.05) is 53.7 Å². The number of aryl methyl sites for hydroxylation is 1. The Balaban J connectivity index is 0.00000187. The van der Waals surface area contributed by atoms with Crippen LogP contribution in [0.4, 0.5) is 10.1 Å². The number of rotatable bonds is 6. The topological polar surface area (TPSA) is 59.7 Å². The third-order valence-corrected chi connectivity index (χ3v) is 7.69. The number of halogens is 1. The van der Waals surface area contributed by atoms with Crippen LogP contribution in [0.3, 0.4) is 0 Å². The summed E-state index contributed by atoms with van der Waals surface area (Å²) in [6.07, 6.45) is 0.850. The van der Waals surface area contributed by atoms with E-state index in [9.17, 15) is 5.26 Å². The fourth-order valence-electron chi connectivity index (χ4n) is 4.17. The summed E-state index contributed by atoms with van der Waals surface area (Å²) in [6.45, 7) is 16.1. The summed E-state index contributed by atoms with van der Waals surface area (Å²) in [5.41, 5.74) is 5.17. The van der Waals surface area contributed by atoms with Crippen LogP contribution in [0.2, 0.25) is 0 Å². The van der Waals surface area contributed by atoms with Crippen molar-refractivity contribution in [1.82, 2.24) is 0 Å². The number of hydrogen-bond acceptors (Lipinski definition) is 4. The maximum Gasteiger partial charge on any atom is 0.155 e. The van der Waals surface area contributed by atoms with Crippen LogP contribution in [0.15, 0.2) is 18.2 Å². The molecule has 1 heterocycles. The molecule has 3 nitrogen and oxygen atoms in total. The first-order valence-electron chi connectivity index (χ1n) is 11.7. The molecule has 3 aromatic rings. The quantitative estimate of drug-likeness (QED) is 0.357. The number of benzene rings is 2. The average molecular weight is 466 g/mol. The largest absolute Gasteiger partial charge is 0.385 e. The summed E-state index contributed by atoms with van der Waals surface area (Å²) in [5, 5.41) is 22.0. The zero-order valence-electron chi connectivity index (χ0n) is 21.3. The molecule has 0 fully saturated rings. The smallest absolute Gasteiger partial charge is 0.155 e. The summed E-state index contributed by atoms with van der Waals surface area (Å²) in [7, 11) is 1.68. The summed E-state index contributed by atoms with van der Waals surface area (Å²) in [5.74, 6) is -0.0270. The maximum absolute atomic E-state index is 16.1. The third kappa shape index (κ3) is 4.68. The second kappa shape index (κ2) is 10.9. The van der Waals surface area contributed by atoms with Crippen LogP contribution in [0.25, 0.3) is 21.2 Å². The van der Waals surface area contributed by atoms with Crippen LogP contribution in [-0.4, -0.2) is 12.8 Å². The lowest BCUT2D eigenvalue weighted by Crippen LogP contribution is -2.09. The van der Waals surface area contributed by atoms with Gasteiger partial charge in [-0.05, 0) is 54.9 Å². The van der Waals surface area contributed by atoms with Gasteiger partial charge in [0.25, 0.3) is 0 Å². The molecule has 0 saturated heterocycles. The Morgan fingerprint density at radius 2 is 1.88 bits per heavy atom. The van der Waals surface area contributed by atoms with E-state index in [1.807, 2.05) is 39.0 Å². The standard InChI is InChI=1S/C26H30FN3S.C2H6/c1-8-14(4)18-11-19(16(6)29)24(30-7)23(27)21(18)17-10-9-15(5)26-22(17)20(12-28)25(31-26)13(2)3;1-2/h9-11,13-14,29-30H,8H2,1-7H3;1-2H3. The minimum atomic E-state index is -0.353. The first-order valence-corrected chi connectivity index (χ1v) is 12.6. The van der Waals surface area contributed by atoms with E-state index in [-0.39, 0.29) is 17.7 Å². The number of nitrogens with zero attached hydrogens (tertiary/aromatic N) is 1. The van der Waals surface area contributed by atoms with Crippen molar-refractivity contribution in [3.63, 3.8) is 0 Å². The summed E-state index contributed by atoms with van der Waals surface area (Å²) in [6, 6.07) is 8.34. The fraction of sp³-hybridized carbons (Fsp3) is 0.429. The van der Waals surface area contributed by atoms with Crippen LogP contribution in [-0.2, 0) is 0 Å². The number of fused-ring (bicyclic) bond motifs is 1. The molecule has 5 heteroatoms. The molecule has 176 valence electrons. The average Bonchev–Trinajstić information content (AvgIpc) is 3.21. The van der Waals surface area contributed by atoms with Crippen molar-refractivity contribution in [3.8, 4) is 17.2 Å². The monoisotopic (exact) mass is 465 g/mol. The Morgan fingerprint density at radius 1 is 1.24 bits per heavy atom. The third-order valence-electron chi connectivity index (χ3n) is 6.06. The van der Waals surface area contributed by atoms with Gasteiger partial charge in [0, 0.05) is 38.8 Å². The van der Waals surface area contributed by atoms with E-state index in [2.05, 4.69) is 39.1 Å². The molecule has 3 rings (SSSR count). The predicted octanol–water partition coefficient (Wildman–Crippen LogP) is 8.98. The zero-order valence-corrected chi connectivity index (χ0v) is 22.1. The molecule has 0 radical (unpaired) electrons. The van der Waals surface area contributed by atoms with Gasteiger partial charge in [-0.25, -0.2) is 4.39 Å². The molecule has 0 aliphatic rings. The van der Waals surface area contributed by atoms with Crippen molar-refractivity contribution in [3.05, 3.63) is 51.1 Å². The highest BCUT2D eigenvalue weighted by Crippen LogP contribution is 2.46. The summed E-state index contributed by atoms with van der Waals surface area (Å²) < 4.78 is 17.2. The lowest BCUT2D eigenvalue weighted by atomic mass is 9.84. The van der Waals surface area contributed by atoms with Crippen LogP contribution < -0.4 is 5.32 Å². The highest BCUT2D eigenvalue weighted by Gasteiger charge is 2.26. The molecule has 1 unspecified atom stereocenters. The number of hydrogen-bond donors (Lipinski definition) is 2. The number of nitriles is 1. The molecule has 33 heavy (non-hydrogen) atoms. The van der Waals surface area contributed by atoms with Crippen LogP contribution >= 0.6 is 11.3 Å². The van der Waals surface area contributed by atoms with Crippen LogP contribution in [0.5, 0.6) is 0 Å². The lowest BCUT2D eigenvalue weighted by Gasteiger charge is -2.22. The Morgan fingerprint density at radius 3 is 2.36 bits per heavy atom. The Bertz CT molecular complexity index is 1210. The van der Waals surface area contributed by atoms with Gasteiger partial charge in [0.2, 0.25) is 0 Å². The SMILES string of the molecule is CC.CCC(C)c1cc(C(C)=N)c(NC)c(F)c1-c1ccc(C)c2sc(C(C)C)c(C#N)c12. The van der Waals surface area contributed by atoms with E-state index in [1.165, 1.54) is 0 Å². The molecular weight excluding hydrogens is 429 g/mol. The van der Waals surface area contributed by atoms with Gasteiger partial charge in [-0.2, -0.15) is 5.26 Å². The van der Waals surface area contributed by atoms with Crippen molar-refractivity contribution in [2.24, 2.45) is 0 Å². The van der Waals surface area contributed by atoms with Crippen molar-refractivity contribution < 1.29 is 4.39 Å². The predicted molar refractivity (Wildman–Crippen MR) is 143 cm³/mol. The molecule has 0 amide bonds. The number of nitrogens with one attached hydrogen (secondary N) is 2. The molecular formula is C28H36FN3S. The molecule has 0 aliphatic heterocycles. The molecule has 1 aromatic heterocycles. The normalized spacial score (nSPS) is 11.7. The first kappa shape index (κ1) is 26.5. The van der Waals surface area contributed by atoms with E-state index >= 15 is 4.39 Å². The van der Waals surface area contributed by atoms with E-state index in [0.717, 1.165) is 38.1 Å². The number of anilines is 1. The van der Waals surface area contributed by atoms with Crippen molar-refractivity contribution in [1.29, 1.82) is 10.7 Å². The Labute approximate surface area is 202 Å². The number of thiophene rings is 1. The lowest BCUT2D eigenvalue weighted by molar-refractivity contribution is 0.627. The van der Waals surface area contributed by atoms with Gasteiger partial charge in [0.15, 0.2) is 5.82 Å². The van der Waals surface area contributed by atoms with Crippen LogP contribution in [0.1, 0.15) is 93.9 Å². The molecule has 2 aromatic carbocycles. The Kier molecular flexibility index (Phi) is 8.80. The molecule has 2 N–H and O–H groups in total. The second-order valence-electron chi connectivity index (χ2n) is 8.50. The van der Waals surface area contributed by atoms with Gasteiger partial charge in [-0.3, -0.25) is 0 Å². The first-order chi connectivity index (χ1) is 15.7. The van der Waals surface area contributed by atoms with Gasteiger partial charge in [-0.15, -0.1) is 11.3 Å². The van der Waals surface area contributed by atoms with Gasteiger partial charge < -0.3 is 10.7 Å². The van der Waals surface area contributed by atoms with Crippen molar-refractivity contribution in [2.75, 3.05) is 12.4 Å². The summed E-state index contributed by atoms with van der Waals surface area (Å²) in [4.78, 5) is 1.04. The fourth-order valence-corrected chi connectivity index (χ4v) is 5.42. The van der Waals surface area contributed by atoms with E-state index in [4.69, 9.17) is 5.41 Å². The Hall–Kier alpha value is -2.71. The zero-order chi connectivity index (χ0) is 25.0. The second-order valence-corrected chi connectivity index (χ2v) is 9.56. The molecule has 0 aliphatic carbocycles. The van der Waals surface area contributed by atoms with Gasteiger partial charge in [0.1, 0.15) is 6.07 Å². The summed E-state index contributed by atoms with van der Waals surface area (Å²) >= 11 is 1.64. The molecule has 0 saturated carbocycles. The minimum Gasteiger partial charge on any atom is -0.385 e. The van der Waals surface area contributed by atoms with Crippen molar-refractivity contribution in [2.45, 2.75) is 73.6 Å². The highest BCUT2D eigenvalue weighted by molar-refractivity contribution is 7.19. The maximum atomic E-state index is 16.1. The van der Waals surface area contributed by atoms with E-state index < -0.39 is 0 Å². The van der Waals surface area contributed by atoms with Crippen LogP contribution in [0, 0.1) is 29.5 Å². The van der Waals surface area contributed by atoms with Gasteiger partial charge >= 0.3 is 0 Å². The minimum absolute atomic E-state index is 0.110. The molecule has 0 spiro atoms. The molecule has 0 bridgehead atoms. The van der Waals surface area contributed by atoms with E-state index in [0.29, 0.717) is 28.1 Å².